The average Bonchev–Trinajstić information content (AvgIpc) is 3.08. The maximum Gasteiger partial charge on any atom is 0.340 e. The van der Waals surface area contributed by atoms with Crippen LogP contribution in [0, 0.1) is 13.8 Å². The van der Waals surface area contributed by atoms with Crippen molar-refractivity contribution in [2.45, 2.75) is 20.3 Å². The van der Waals surface area contributed by atoms with Gasteiger partial charge in [-0.05, 0) is 43.7 Å². The van der Waals surface area contributed by atoms with Crippen LogP contribution in [0.5, 0.6) is 5.75 Å². The Hall–Kier alpha value is -3.19. The number of ether oxygens (including phenoxy) is 1. The van der Waals surface area contributed by atoms with Crippen LogP contribution in [0.25, 0.3) is 21.2 Å². The highest BCUT2D eigenvalue weighted by Crippen LogP contribution is 2.29. The first-order valence-corrected chi connectivity index (χ1v) is 9.55. The Bertz CT molecular complexity index is 1240. The maximum atomic E-state index is 12.5. The van der Waals surface area contributed by atoms with Crippen molar-refractivity contribution in [3.63, 3.8) is 0 Å². The predicted molar refractivity (Wildman–Crippen MR) is 110 cm³/mol. The molecule has 0 spiro atoms. The third kappa shape index (κ3) is 3.14. The monoisotopic (exact) mass is 394 g/mol. The fraction of sp³-hybridized carbons (Fsp3) is 0.190. The highest BCUT2D eigenvalue weighted by atomic mass is 32.1. The molecule has 7 heteroatoms. The molecule has 1 amide bonds. The van der Waals surface area contributed by atoms with E-state index in [1.807, 2.05) is 50.2 Å². The summed E-state index contributed by atoms with van der Waals surface area (Å²) in [5.74, 6) is 0.343. The molecular weight excluding hydrogens is 376 g/mol. The van der Waals surface area contributed by atoms with Gasteiger partial charge in [-0.1, -0.05) is 23.5 Å². The number of hydrogen-bond donors (Lipinski definition) is 1. The number of aromatic nitrogens is 1. The van der Waals surface area contributed by atoms with Crippen LogP contribution in [0.1, 0.15) is 16.7 Å². The number of nitrogens with zero attached hydrogens (tertiary/aromatic N) is 1. The Balaban J connectivity index is 1.65. The molecule has 0 unspecified atom stereocenters. The summed E-state index contributed by atoms with van der Waals surface area (Å²) in [6.07, 6.45) is -0.0783. The third-order valence-electron chi connectivity index (χ3n) is 4.75. The Morgan fingerprint density at radius 3 is 2.71 bits per heavy atom. The van der Waals surface area contributed by atoms with Gasteiger partial charge in [0.25, 0.3) is 0 Å². The SMILES string of the molecule is COc1ccc2c(C)c(CC(=O)Nc3nc4ccccc4s3)c(=O)oc2c1C. The number of aryl methyl sites for hydroxylation is 2. The zero-order chi connectivity index (χ0) is 19.8. The van der Waals surface area contributed by atoms with Crippen LogP contribution in [0.15, 0.2) is 45.6 Å². The van der Waals surface area contributed by atoms with Crippen LogP contribution in [0.4, 0.5) is 5.13 Å². The summed E-state index contributed by atoms with van der Waals surface area (Å²) in [6.45, 7) is 3.66. The molecule has 0 saturated heterocycles. The Kier molecular flexibility index (Phi) is 4.60. The van der Waals surface area contributed by atoms with Gasteiger partial charge in [-0.3, -0.25) is 4.79 Å². The number of hydrogen-bond acceptors (Lipinski definition) is 6. The van der Waals surface area contributed by atoms with Gasteiger partial charge in [0.05, 0.1) is 29.3 Å². The largest absolute Gasteiger partial charge is 0.496 e. The molecule has 0 aliphatic carbocycles. The second kappa shape index (κ2) is 7.09. The van der Waals surface area contributed by atoms with E-state index in [0.717, 1.165) is 26.7 Å². The molecule has 2 aromatic heterocycles. The van der Waals surface area contributed by atoms with Crippen molar-refractivity contribution in [3.8, 4) is 5.75 Å². The molecule has 0 atom stereocenters. The van der Waals surface area contributed by atoms with E-state index in [1.54, 1.807) is 7.11 Å². The lowest BCUT2D eigenvalue weighted by molar-refractivity contribution is -0.115. The van der Waals surface area contributed by atoms with E-state index in [2.05, 4.69) is 10.3 Å². The second-order valence-corrected chi connectivity index (χ2v) is 7.50. The average molecular weight is 394 g/mol. The molecule has 28 heavy (non-hydrogen) atoms. The lowest BCUT2D eigenvalue weighted by atomic mass is 10.0. The molecule has 2 aromatic carbocycles. The highest BCUT2D eigenvalue weighted by Gasteiger charge is 2.18. The summed E-state index contributed by atoms with van der Waals surface area (Å²) in [4.78, 5) is 29.4. The molecule has 0 aliphatic heterocycles. The van der Waals surface area contributed by atoms with Gasteiger partial charge < -0.3 is 14.5 Å². The molecule has 0 bridgehead atoms. The van der Waals surface area contributed by atoms with E-state index in [4.69, 9.17) is 9.15 Å². The first-order valence-electron chi connectivity index (χ1n) is 8.73. The van der Waals surface area contributed by atoms with Crippen molar-refractivity contribution >= 4 is 43.6 Å². The number of amides is 1. The van der Waals surface area contributed by atoms with E-state index in [-0.39, 0.29) is 12.3 Å². The number of para-hydroxylation sites is 1. The molecule has 0 aliphatic rings. The number of rotatable bonds is 4. The molecule has 1 N–H and O–H groups in total. The van der Waals surface area contributed by atoms with Crippen LogP contribution in [-0.4, -0.2) is 18.0 Å². The second-order valence-electron chi connectivity index (χ2n) is 6.47. The molecule has 2 heterocycles. The molecule has 142 valence electrons. The van der Waals surface area contributed by atoms with E-state index in [1.165, 1.54) is 11.3 Å². The number of benzene rings is 2. The number of anilines is 1. The fourth-order valence-electron chi connectivity index (χ4n) is 3.25. The highest BCUT2D eigenvalue weighted by molar-refractivity contribution is 7.22. The Morgan fingerprint density at radius 1 is 1.18 bits per heavy atom. The first-order chi connectivity index (χ1) is 13.5. The minimum absolute atomic E-state index is 0.0783. The van der Waals surface area contributed by atoms with Crippen molar-refractivity contribution in [1.29, 1.82) is 0 Å². The van der Waals surface area contributed by atoms with E-state index < -0.39 is 5.63 Å². The van der Waals surface area contributed by atoms with E-state index >= 15 is 0 Å². The van der Waals surface area contributed by atoms with Gasteiger partial charge in [-0.25, -0.2) is 9.78 Å². The lowest BCUT2D eigenvalue weighted by Gasteiger charge is -2.11. The van der Waals surface area contributed by atoms with E-state index in [9.17, 15) is 9.59 Å². The van der Waals surface area contributed by atoms with Gasteiger partial charge in [0.15, 0.2) is 5.13 Å². The number of fused-ring (bicyclic) bond motifs is 2. The molecule has 0 saturated carbocycles. The van der Waals surface area contributed by atoms with Gasteiger partial charge in [-0.15, -0.1) is 0 Å². The first kappa shape index (κ1) is 18.2. The van der Waals surface area contributed by atoms with Crippen molar-refractivity contribution in [3.05, 3.63) is 63.5 Å². The van der Waals surface area contributed by atoms with Crippen LogP contribution in [0.3, 0.4) is 0 Å². The lowest BCUT2D eigenvalue weighted by Crippen LogP contribution is -2.20. The summed E-state index contributed by atoms with van der Waals surface area (Å²) in [5, 5.41) is 4.08. The van der Waals surface area contributed by atoms with Gasteiger partial charge in [0.2, 0.25) is 5.91 Å². The Labute approximate surface area is 164 Å². The Morgan fingerprint density at radius 2 is 1.96 bits per heavy atom. The molecular formula is C21H18N2O4S. The van der Waals surface area contributed by atoms with Crippen LogP contribution in [-0.2, 0) is 11.2 Å². The number of thiazole rings is 1. The van der Waals surface area contributed by atoms with Gasteiger partial charge >= 0.3 is 5.63 Å². The summed E-state index contributed by atoms with van der Waals surface area (Å²) in [5.41, 5.74) is 2.63. The van der Waals surface area contributed by atoms with Crippen LogP contribution in [0.2, 0.25) is 0 Å². The molecule has 4 rings (SSSR count). The quantitative estimate of drug-likeness (QED) is 0.525. The molecule has 4 aromatic rings. The normalized spacial score (nSPS) is 11.1. The van der Waals surface area contributed by atoms with Crippen molar-refractivity contribution in [2.75, 3.05) is 12.4 Å². The number of carbonyl (C=O) groups is 1. The standard InChI is InChI=1S/C21H18N2O4S/c1-11-13-8-9-16(26-3)12(2)19(13)27-20(25)14(11)10-18(24)23-21-22-15-6-4-5-7-17(15)28-21/h4-9H,10H2,1-3H3,(H,22,23,24). The van der Waals surface area contributed by atoms with Crippen LogP contribution >= 0.6 is 11.3 Å². The summed E-state index contributed by atoms with van der Waals surface area (Å²) < 4.78 is 11.8. The number of methoxy groups -OCH3 is 1. The smallest absolute Gasteiger partial charge is 0.340 e. The van der Waals surface area contributed by atoms with Gasteiger partial charge in [0, 0.05) is 10.9 Å². The van der Waals surface area contributed by atoms with Crippen molar-refractivity contribution in [2.24, 2.45) is 0 Å². The minimum atomic E-state index is -0.513. The maximum absolute atomic E-state index is 12.5. The zero-order valence-corrected chi connectivity index (χ0v) is 16.5. The zero-order valence-electron chi connectivity index (χ0n) is 15.7. The van der Waals surface area contributed by atoms with Gasteiger partial charge in [-0.2, -0.15) is 0 Å². The number of nitrogens with one attached hydrogen (secondary N) is 1. The summed E-state index contributed by atoms with van der Waals surface area (Å²) >= 11 is 1.39. The molecule has 0 fully saturated rings. The van der Waals surface area contributed by atoms with E-state index in [0.29, 0.717) is 22.0 Å². The molecule has 6 nitrogen and oxygen atoms in total. The van der Waals surface area contributed by atoms with Crippen LogP contribution < -0.4 is 15.7 Å². The minimum Gasteiger partial charge on any atom is -0.496 e. The summed E-state index contributed by atoms with van der Waals surface area (Å²) in [7, 11) is 1.57. The topological polar surface area (TPSA) is 81.4 Å². The van der Waals surface area contributed by atoms with Crippen molar-refractivity contribution in [1.82, 2.24) is 4.98 Å². The third-order valence-corrected chi connectivity index (χ3v) is 5.70. The summed E-state index contributed by atoms with van der Waals surface area (Å²) in [6, 6.07) is 11.3. The molecule has 0 radical (unpaired) electrons. The predicted octanol–water partition coefficient (Wildman–Crippen LogP) is 4.21. The van der Waals surface area contributed by atoms with Gasteiger partial charge in [0.1, 0.15) is 11.3 Å². The number of carbonyl (C=O) groups excluding carboxylic acids is 1. The van der Waals surface area contributed by atoms with Crippen molar-refractivity contribution < 1.29 is 13.9 Å². The fourth-order valence-corrected chi connectivity index (χ4v) is 4.13.